The molecule has 0 aliphatic carbocycles. The lowest BCUT2D eigenvalue weighted by Gasteiger charge is -2.16. The molecular formula is C16H20O4. The molecule has 1 N–H and O–H groups in total. The van der Waals surface area contributed by atoms with E-state index in [2.05, 4.69) is 13.2 Å². The van der Waals surface area contributed by atoms with Crippen molar-refractivity contribution >= 4 is 5.97 Å². The molecule has 0 aromatic heterocycles. The summed E-state index contributed by atoms with van der Waals surface area (Å²) in [5, 5.41) is 9.34. The summed E-state index contributed by atoms with van der Waals surface area (Å²) in [6, 6.07) is 3.42. The molecule has 0 saturated carbocycles. The fourth-order valence-electron chi connectivity index (χ4n) is 1.66. The van der Waals surface area contributed by atoms with Crippen molar-refractivity contribution in [3.63, 3.8) is 0 Å². The van der Waals surface area contributed by atoms with Crippen LogP contribution in [-0.4, -0.2) is 24.3 Å². The van der Waals surface area contributed by atoms with Crippen molar-refractivity contribution in [1.82, 2.24) is 0 Å². The predicted octanol–water partition coefficient (Wildman–Crippen LogP) is 3.64. The van der Waals surface area contributed by atoms with Gasteiger partial charge in [-0.25, -0.2) is 4.79 Å². The predicted molar refractivity (Wildman–Crippen MR) is 78.9 cm³/mol. The number of hydrogen-bond donors (Lipinski definition) is 1. The second-order valence-electron chi connectivity index (χ2n) is 4.55. The Morgan fingerprint density at radius 3 is 2.35 bits per heavy atom. The third-order valence-electron chi connectivity index (χ3n) is 2.68. The first-order chi connectivity index (χ1) is 9.51. The Balaban J connectivity index is 3.35. The lowest BCUT2D eigenvalue weighted by molar-refractivity contribution is 0.0691. The van der Waals surface area contributed by atoms with Gasteiger partial charge in [0.2, 0.25) is 0 Å². The average Bonchev–Trinajstić information content (AvgIpc) is 2.42. The van der Waals surface area contributed by atoms with Gasteiger partial charge in [-0.3, -0.25) is 0 Å². The molecule has 0 radical (unpaired) electrons. The van der Waals surface area contributed by atoms with Crippen molar-refractivity contribution in [2.45, 2.75) is 19.8 Å². The maximum atomic E-state index is 11.4. The van der Waals surface area contributed by atoms with Crippen LogP contribution in [0.5, 0.6) is 11.5 Å². The second kappa shape index (κ2) is 7.38. The zero-order chi connectivity index (χ0) is 15.1. The molecule has 0 amide bonds. The van der Waals surface area contributed by atoms with Gasteiger partial charge in [-0.05, 0) is 23.6 Å². The van der Waals surface area contributed by atoms with Gasteiger partial charge >= 0.3 is 5.97 Å². The van der Waals surface area contributed by atoms with Gasteiger partial charge in [0.1, 0.15) is 18.8 Å². The third kappa shape index (κ3) is 3.88. The Bertz CT molecular complexity index is 503. The van der Waals surface area contributed by atoms with Gasteiger partial charge in [0.15, 0.2) is 11.5 Å². The van der Waals surface area contributed by atoms with Crippen LogP contribution in [0.15, 0.2) is 37.4 Å². The molecule has 0 bridgehead atoms. The van der Waals surface area contributed by atoms with Crippen LogP contribution in [0.3, 0.4) is 0 Å². The van der Waals surface area contributed by atoms with Gasteiger partial charge in [0.25, 0.3) is 0 Å². The summed E-state index contributed by atoms with van der Waals surface area (Å²) >= 11 is 0. The number of ether oxygens (including phenoxy) is 2. The number of rotatable bonds is 8. The summed E-state index contributed by atoms with van der Waals surface area (Å²) in [6.07, 6.45) is 3.15. The van der Waals surface area contributed by atoms with E-state index in [-0.39, 0.29) is 30.4 Å². The maximum absolute atomic E-state index is 11.4. The van der Waals surface area contributed by atoms with Gasteiger partial charge in [-0.2, -0.15) is 0 Å². The molecule has 20 heavy (non-hydrogen) atoms. The van der Waals surface area contributed by atoms with Gasteiger partial charge in [-0.1, -0.05) is 39.2 Å². The molecule has 0 fully saturated rings. The summed E-state index contributed by atoms with van der Waals surface area (Å²) in [5.74, 6) is -0.221. The van der Waals surface area contributed by atoms with Crippen LogP contribution >= 0.6 is 0 Å². The normalized spacial score (nSPS) is 10.2. The van der Waals surface area contributed by atoms with Crippen molar-refractivity contribution in [2.24, 2.45) is 0 Å². The first kappa shape index (κ1) is 15.8. The van der Waals surface area contributed by atoms with Crippen molar-refractivity contribution in [3.05, 3.63) is 48.6 Å². The smallest absolute Gasteiger partial charge is 0.339 e. The highest BCUT2D eigenvalue weighted by molar-refractivity contribution is 5.92. The Kier molecular flexibility index (Phi) is 5.84. The molecule has 0 atom stereocenters. The number of carbonyl (C=O) groups is 1. The minimum absolute atomic E-state index is 0.0945. The van der Waals surface area contributed by atoms with Crippen LogP contribution < -0.4 is 9.47 Å². The topological polar surface area (TPSA) is 55.8 Å². The molecular weight excluding hydrogens is 256 g/mol. The molecule has 4 nitrogen and oxygen atoms in total. The van der Waals surface area contributed by atoms with Crippen LogP contribution in [0, 0.1) is 0 Å². The van der Waals surface area contributed by atoms with E-state index in [1.807, 2.05) is 13.8 Å². The van der Waals surface area contributed by atoms with E-state index < -0.39 is 5.97 Å². The van der Waals surface area contributed by atoms with Crippen molar-refractivity contribution in [1.29, 1.82) is 0 Å². The number of aromatic carboxylic acids is 1. The van der Waals surface area contributed by atoms with Crippen LogP contribution in [0.25, 0.3) is 0 Å². The SMILES string of the molecule is C=CCOc1cc(C(C)C)cc(C(=O)O)c1OCC=C. The standard InChI is InChI=1S/C16H20O4/c1-5-7-19-14-10-12(11(3)4)9-13(16(17)18)15(14)20-8-6-2/h5-6,9-11H,1-2,7-8H2,3-4H3,(H,17,18). The zero-order valence-corrected chi connectivity index (χ0v) is 11.9. The summed E-state index contributed by atoms with van der Waals surface area (Å²) in [6.45, 7) is 11.6. The highest BCUT2D eigenvalue weighted by Gasteiger charge is 2.19. The maximum Gasteiger partial charge on any atom is 0.339 e. The quantitative estimate of drug-likeness (QED) is 0.736. The van der Waals surface area contributed by atoms with E-state index in [0.717, 1.165) is 5.56 Å². The van der Waals surface area contributed by atoms with E-state index in [1.165, 1.54) is 0 Å². The van der Waals surface area contributed by atoms with Gasteiger partial charge in [-0.15, -0.1) is 0 Å². The Labute approximate surface area is 119 Å². The van der Waals surface area contributed by atoms with Gasteiger partial charge < -0.3 is 14.6 Å². The Morgan fingerprint density at radius 1 is 1.25 bits per heavy atom. The highest BCUT2D eigenvalue weighted by atomic mass is 16.5. The third-order valence-corrected chi connectivity index (χ3v) is 2.68. The van der Waals surface area contributed by atoms with Crippen LogP contribution in [0.2, 0.25) is 0 Å². The molecule has 1 aromatic rings. The van der Waals surface area contributed by atoms with Crippen LogP contribution in [0.1, 0.15) is 35.7 Å². The largest absolute Gasteiger partial charge is 0.486 e. The minimum Gasteiger partial charge on any atom is -0.486 e. The van der Waals surface area contributed by atoms with Crippen molar-refractivity contribution in [3.8, 4) is 11.5 Å². The summed E-state index contributed by atoms with van der Waals surface area (Å²) in [4.78, 5) is 11.4. The van der Waals surface area contributed by atoms with Gasteiger partial charge in [0, 0.05) is 0 Å². The van der Waals surface area contributed by atoms with Crippen molar-refractivity contribution < 1.29 is 19.4 Å². The molecule has 0 aliphatic heterocycles. The van der Waals surface area contributed by atoms with E-state index in [9.17, 15) is 9.90 Å². The van der Waals surface area contributed by atoms with Crippen LogP contribution in [-0.2, 0) is 0 Å². The summed E-state index contributed by atoms with van der Waals surface area (Å²) in [7, 11) is 0. The fourth-order valence-corrected chi connectivity index (χ4v) is 1.66. The Hall–Kier alpha value is -2.23. The Morgan fingerprint density at radius 2 is 1.85 bits per heavy atom. The first-order valence-corrected chi connectivity index (χ1v) is 6.39. The molecule has 0 heterocycles. The van der Waals surface area contributed by atoms with E-state index in [1.54, 1.807) is 24.3 Å². The van der Waals surface area contributed by atoms with E-state index in [0.29, 0.717) is 5.75 Å². The lowest BCUT2D eigenvalue weighted by Crippen LogP contribution is -2.08. The molecule has 1 aromatic carbocycles. The average molecular weight is 276 g/mol. The molecule has 4 heteroatoms. The molecule has 0 aliphatic rings. The van der Waals surface area contributed by atoms with E-state index in [4.69, 9.17) is 9.47 Å². The molecule has 108 valence electrons. The molecule has 0 unspecified atom stereocenters. The fraction of sp³-hybridized carbons (Fsp3) is 0.312. The lowest BCUT2D eigenvalue weighted by atomic mass is 9.99. The molecule has 0 saturated heterocycles. The summed E-state index contributed by atoms with van der Waals surface area (Å²) < 4.78 is 11.0. The second-order valence-corrected chi connectivity index (χ2v) is 4.55. The van der Waals surface area contributed by atoms with Gasteiger partial charge in [0.05, 0.1) is 0 Å². The molecule has 1 rings (SSSR count). The monoisotopic (exact) mass is 276 g/mol. The highest BCUT2D eigenvalue weighted by Crippen LogP contribution is 2.35. The zero-order valence-electron chi connectivity index (χ0n) is 11.9. The minimum atomic E-state index is -1.05. The number of benzene rings is 1. The van der Waals surface area contributed by atoms with Crippen molar-refractivity contribution in [2.75, 3.05) is 13.2 Å². The first-order valence-electron chi connectivity index (χ1n) is 6.39. The number of hydrogen-bond acceptors (Lipinski definition) is 3. The summed E-state index contributed by atoms with van der Waals surface area (Å²) in [5.41, 5.74) is 0.976. The van der Waals surface area contributed by atoms with E-state index >= 15 is 0 Å². The van der Waals surface area contributed by atoms with Crippen LogP contribution in [0.4, 0.5) is 0 Å². The molecule has 0 spiro atoms. The number of carboxylic acid groups (broad SMARTS) is 1. The number of carboxylic acids is 1.